The number of nitro benzene ring substituents is 1. The highest BCUT2D eigenvalue weighted by Crippen LogP contribution is 2.24. The number of rotatable bonds is 5. The summed E-state index contributed by atoms with van der Waals surface area (Å²) in [5.74, 6) is 0. The van der Waals surface area contributed by atoms with E-state index >= 15 is 0 Å². The highest BCUT2D eigenvalue weighted by Gasteiger charge is 2.16. The van der Waals surface area contributed by atoms with Gasteiger partial charge in [-0.3, -0.25) is 10.1 Å². The summed E-state index contributed by atoms with van der Waals surface area (Å²) in [6.45, 7) is 4.68. The quantitative estimate of drug-likeness (QED) is 0.612. The van der Waals surface area contributed by atoms with Gasteiger partial charge in [-0.25, -0.2) is 0 Å². The SMILES string of the molecule is CC(C)(C#N)CCCn1ccc2cc([N+](=O)[O-])ccc21. The summed E-state index contributed by atoms with van der Waals surface area (Å²) in [6, 6.07) is 9.08. The summed E-state index contributed by atoms with van der Waals surface area (Å²) >= 11 is 0. The summed E-state index contributed by atoms with van der Waals surface area (Å²) in [5, 5.41) is 20.6. The molecule has 0 unspecified atom stereocenters. The lowest BCUT2D eigenvalue weighted by Crippen LogP contribution is -2.09. The monoisotopic (exact) mass is 271 g/mol. The highest BCUT2D eigenvalue weighted by atomic mass is 16.6. The fraction of sp³-hybridized carbons (Fsp3) is 0.400. The molecule has 5 nitrogen and oxygen atoms in total. The zero-order valence-electron chi connectivity index (χ0n) is 11.7. The Labute approximate surface area is 117 Å². The Hall–Kier alpha value is -2.35. The fourth-order valence-corrected chi connectivity index (χ4v) is 2.24. The molecule has 0 saturated heterocycles. The molecule has 0 saturated carbocycles. The van der Waals surface area contributed by atoms with Crippen molar-refractivity contribution >= 4 is 16.6 Å². The first kappa shape index (κ1) is 14.1. The lowest BCUT2D eigenvalue weighted by atomic mass is 9.90. The molecule has 0 aliphatic rings. The summed E-state index contributed by atoms with van der Waals surface area (Å²) < 4.78 is 2.08. The number of benzene rings is 1. The molecular formula is C15H17N3O2. The first-order valence-corrected chi connectivity index (χ1v) is 6.57. The Bertz CT molecular complexity index is 680. The van der Waals surface area contributed by atoms with Gasteiger partial charge in [-0.2, -0.15) is 5.26 Å². The van der Waals surface area contributed by atoms with Crippen molar-refractivity contribution in [2.45, 2.75) is 33.2 Å². The van der Waals surface area contributed by atoms with Crippen molar-refractivity contribution < 1.29 is 4.92 Å². The van der Waals surface area contributed by atoms with Gasteiger partial charge in [0.15, 0.2) is 0 Å². The number of nitro groups is 1. The molecule has 104 valence electrons. The van der Waals surface area contributed by atoms with Crippen LogP contribution in [0.2, 0.25) is 0 Å². The minimum atomic E-state index is -0.383. The Kier molecular flexibility index (Phi) is 3.75. The van der Waals surface area contributed by atoms with Gasteiger partial charge in [0.2, 0.25) is 0 Å². The van der Waals surface area contributed by atoms with Gasteiger partial charge in [-0.15, -0.1) is 0 Å². The van der Waals surface area contributed by atoms with Crippen molar-refractivity contribution in [2.24, 2.45) is 5.41 Å². The average Bonchev–Trinajstić information content (AvgIpc) is 2.81. The zero-order chi connectivity index (χ0) is 14.8. The van der Waals surface area contributed by atoms with E-state index < -0.39 is 0 Å². The van der Waals surface area contributed by atoms with Crippen molar-refractivity contribution in [2.75, 3.05) is 0 Å². The summed E-state index contributed by atoms with van der Waals surface area (Å²) in [6.07, 6.45) is 3.67. The van der Waals surface area contributed by atoms with Crippen LogP contribution in [0.1, 0.15) is 26.7 Å². The molecule has 1 aromatic carbocycles. The number of aryl methyl sites for hydroxylation is 1. The minimum absolute atomic E-state index is 0.112. The molecule has 0 spiro atoms. The lowest BCUT2D eigenvalue weighted by Gasteiger charge is -2.15. The maximum Gasteiger partial charge on any atom is 0.270 e. The van der Waals surface area contributed by atoms with Crippen LogP contribution in [0.15, 0.2) is 30.5 Å². The van der Waals surface area contributed by atoms with Crippen molar-refractivity contribution in [1.82, 2.24) is 4.57 Å². The van der Waals surface area contributed by atoms with Crippen molar-refractivity contribution in [3.8, 4) is 6.07 Å². The third-order valence-corrected chi connectivity index (χ3v) is 3.47. The van der Waals surface area contributed by atoms with E-state index in [9.17, 15) is 10.1 Å². The molecule has 0 N–H and O–H groups in total. The van der Waals surface area contributed by atoms with Crippen LogP contribution in [0.5, 0.6) is 0 Å². The Morgan fingerprint density at radius 1 is 1.40 bits per heavy atom. The second-order valence-corrected chi connectivity index (χ2v) is 5.61. The highest BCUT2D eigenvalue weighted by molar-refractivity contribution is 5.82. The summed E-state index contributed by atoms with van der Waals surface area (Å²) in [5.41, 5.74) is 0.799. The number of nitriles is 1. The molecule has 1 aromatic heterocycles. The molecule has 0 atom stereocenters. The van der Waals surface area contributed by atoms with Gasteiger partial charge in [-0.05, 0) is 38.8 Å². The van der Waals surface area contributed by atoms with Crippen LogP contribution in [0.4, 0.5) is 5.69 Å². The predicted octanol–water partition coefficient (Wildman–Crippen LogP) is 3.88. The first-order chi connectivity index (χ1) is 9.43. The van der Waals surface area contributed by atoms with Gasteiger partial charge >= 0.3 is 0 Å². The van der Waals surface area contributed by atoms with Crippen molar-refractivity contribution in [3.05, 3.63) is 40.6 Å². The molecular weight excluding hydrogens is 254 g/mol. The third kappa shape index (κ3) is 2.97. The molecule has 1 heterocycles. The van der Waals surface area contributed by atoms with Crippen LogP contribution in [0, 0.1) is 26.9 Å². The second-order valence-electron chi connectivity index (χ2n) is 5.61. The molecule has 20 heavy (non-hydrogen) atoms. The maximum atomic E-state index is 10.7. The average molecular weight is 271 g/mol. The number of aromatic nitrogens is 1. The largest absolute Gasteiger partial charge is 0.347 e. The number of non-ortho nitro benzene ring substituents is 1. The number of hydrogen-bond acceptors (Lipinski definition) is 3. The van der Waals surface area contributed by atoms with Crippen LogP contribution in [0.25, 0.3) is 10.9 Å². The topological polar surface area (TPSA) is 71.9 Å². The Morgan fingerprint density at radius 3 is 2.80 bits per heavy atom. The molecule has 0 bridgehead atoms. The molecule has 5 heteroatoms. The van der Waals surface area contributed by atoms with E-state index in [1.807, 2.05) is 26.1 Å². The van der Waals surface area contributed by atoms with Gasteiger partial charge in [0, 0.05) is 35.8 Å². The zero-order valence-corrected chi connectivity index (χ0v) is 11.7. The van der Waals surface area contributed by atoms with Crippen LogP contribution < -0.4 is 0 Å². The fourth-order valence-electron chi connectivity index (χ4n) is 2.24. The number of hydrogen-bond donors (Lipinski definition) is 0. The van der Waals surface area contributed by atoms with Gasteiger partial charge in [0.05, 0.1) is 16.4 Å². The molecule has 0 aliphatic heterocycles. The van der Waals surface area contributed by atoms with Gasteiger partial charge < -0.3 is 4.57 Å². The van der Waals surface area contributed by atoms with Crippen LogP contribution in [-0.4, -0.2) is 9.49 Å². The summed E-state index contributed by atoms with van der Waals surface area (Å²) in [4.78, 5) is 10.4. The molecule has 0 amide bonds. The van der Waals surface area contributed by atoms with E-state index in [1.54, 1.807) is 12.1 Å². The van der Waals surface area contributed by atoms with Crippen molar-refractivity contribution in [3.63, 3.8) is 0 Å². The standard InChI is InChI=1S/C15H17N3O2/c1-15(2,11-16)7-3-8-17-9-6-12-10-13(18(19)20)4-5-14(12)17/h4-6,9-10H,3,7-8H2,1-2H3. The van der Waals surface area contributed by atoms with E-state index in [0.717, 1.165) is 30.3 Å². The Morgan fingerprint density at radius 2 is 2.15 bits per heavy atom. The first-order valence-electron chi connectivity index (χ1n) is 6.57. The lowest BCUT2D eigenvalue weighted by molar-refractivity contribution is -0.384. The van der Waals surface area contributed by atoms with E-state index in [1.165, 1.54) is 6.07 Å². The van der Waals surface area contributed by atoms with Crippen LogP contribution in [-0.2, 0) is 6.54 Å². The van der Waals surface area contributed by atoms with Crippen molar-refractivity contribution in [1.29, 1.82) is 5.26 Å². The van der Waals surface area contributed by atoms with Gasteiger partial charge in [0.25, 0.3) is 5.69 Å². The van der Waals surface area contributed by atoms with E-state index in [-0.39, 0.29) is 16.0 Å². The molecule has 0 radical (unpaired) electrons. The van der Waals surface area contributed by atoms with Crippen LogP contribution >= 0.6 is 0 Å². The van der Waals surface area contributed by atoms with Crippen LogP contribution in [0.3, 0.4) is 0 Å². The molecule has 2 aromatic rings. The molecule has 2 rings (SSSR count). The van der Waals surface area contributed by atoms with Gasteiger partial charge in [0.1, 0.15) is 0 Å². The predicted molar refractivity (Wildman–Crippen MR) is 77.2 cm³/mol. The molecule has 0 fully saturated rings. The number of nitrogens with zero attached hydrogens (tertiary/aromatic N) is 3. The molecule has 0 aliphatic carbocycles. The van der Waals surface area contributed by atoms with Gasteiger partial charge in [-0.1, -0.05) is 0 Å². The van der Waals surface area contributed by atoms with E-state index in [4.69, 9.17) is 5.26 Å². The van der Waals surface area contributed by atoms with E-state index in [2.05, 4.69) is 10.6 Å². The maximum absolute atomic E-state index is 10.7. The second kappa shape index (κ2) is 5.33. The number of fused-ring (bicyclic) bond motifs is 1. The normalized spacial score (nSPS) is 11.4. The third-order valence-electron chi connectivity index (χ3n) is 3.47. The Balaban J connectivity index is 2.12. The smallest absolute Gasteiger partial charge is 0.270 e. The minimum Gasteiger partial charge on any atom is -0.347 e. The van der Waals surface area contributed by atoms with E-state index in [0.29, 0.717) is 0 Å². The summed E-state index contributed by atoms with van der Waals surface area (Å²) in [7, 11) is 0.